The lowest BCUT2D eigenvalue weighted by Gasteiger charge is -2.11. The summed E-state index contributed by atoms with van der Waals surface area (Å²) in [5.41, 5.74) is 0. The molecule has 0 aliphatic carbocycles. The second-order valence-corrected chi connectivity index (χ2v) is 4.09. The summed E-state index contributed by atoms with van der Waals surface area (Å²) in [4.78, 5) is 0. The summed E-state index contributed by atoms with van der Waals surface area (Å²) in [6.07, 6.45) is 12.3. The van der Waals surface area contributed by atoms with Gasteiger partial charge in [0.1, 0.15) is 0 Å². The smallest absolute Gasteiger partial charge is 0.0420 e. The summed E-state index contributed by atoms with van der Waals surface area (Å²) in [6, 6.07) is 0. The first-order valence-corrected chi connectivity index (χ1v) is 6.14. The molecule has 1 radical (unpaired) electrons. The SMILES string of the molecule is [CH2]CCCCCCCC(CC)CC. The van der Waals surface area contributed by atoms with Crippen molar-refractivity contribution in [1.29, 1.82) is 0 Å². The van der Waals surface area contributed by atoms with E-state index in [9.17, 15) is 0 Å². The van der Waals surface area contributed by atoms with E-state index in [1.54, 1.807) is 0 Å². The van der Waals surface area contributed by atoms with Crippen LogP contribution in [0.5, 0.6) is 0 Å². The van der Waals surface area contributed by atoms with Crippen LogP contribution in [0.3, 0.4) is 0 Å². The van der Waals surface area contributed by atoms with Crippen LogP contribution in [-0.2, 0) is 0 Å². The van der Waals surface area contributed by atoms with E-state index in [2.05, 4.69) is 20.8 Å². The molecule has 0 bridgehead atoms. The fraction of sp³-hybridized carbons (Fsp3) is 0.923. The molecule has 0 unspecified atom stereocenters. The van der Waals surface area contributed by atoms with Gasteiger partial charge >= 0.3 is 0 Å². The van der Waals surface area contributed by atoms with Gasteiger partial charge in [0.05, 0.1) is 0 Å². The minimum atomic E-state index is 0.993. The van der Waals surface area contributed by atoms with Crippen LogP contribution in [0.2, 0.25) is 0 Å². The quantitative estimate of drug-likeness (QED) is 0.442. The first-order chi connectivity index (χ1) is 6.35. The van der Waals surface area contributed by atoms with Gasteiger partial charge in [-0.05, 0) is 5.92 Å². The van der Waals surface area contributed by atoms with Crippen LogP contribution in [0.4, 0.5) is 0 Å². The fourth-order valence-electron chi connectivity index (χ4n) is 1.84. The van der Waals surface area contributed by atoms with Crippen LogP contribution in [0.1, 0.15) is 71.6 Å². The Balaban J connectivity index is 3.05. The van der Waals surface area contributed by atoms with Crippen molar-refractivity contribution in [1.82, 2.24) is 0 Å². The normalized spacial score (nSPS) is 11.1. The van der Waals surface area contributed by atoms with Crippen molar-refractivity contribution < 1.29 is 0 Å². The predicted octanol–water partition coefficient (Wildman–Crippen LogP) is 4.99. The van der Waals surface area contributed by atoms with Crippen molar-refractivity contribution >= 4 is 0 Å². The molecule has 0 fully saturated rings. The van der Waals surface area contributed by atoms with Crippen molar-refractivity contribution in [2.24, 2.45) is 5.92 Å². The zero-order valence-electron chi connectivity index (χ0n) is 9.65. The fourth-order valence-corrected chi connectivity index (χ4v) is 1.84. The molecule has 0 aliphatic rings. The van der Waals surface area contributed by atoms with E-state index in [0.29, 0.717) is 0 Å². The molecule has 0 amide bonds. The van der Waals surface area contributed by atoms with Gasteiger partial charge < -0.3 is 0 Å². The van der Waals surface area contributed by atoms with Gasteiger partial charge in [0.15, 0.2) is 0 Å². The minimum Gasteiger partial charge on any atom is -0.0651 e. The van der Waals surface area contributed by atoms with E-state index >= 15 is 0 Å². The maximum absolute atomic E-state index is 3.86. The molecule has 0 rings (SSSR count). The van der Waals surface area contributed by atoms with Crippen molar-refractivity contribution in [3.8, 4) is 0 Å². The summed E-state index contributed by atoms with van der Waals surface area (Å²) in [5, 5.41) is 0. The lowest BCUT2D eigenvalue weighted by atomic mass is 9.96. The molecule has 0 aromatic carbocycles. The van der Waals surface area contributed by atoms with Gasteiger partial charge in [-0.1, -0.05) is 78.6 Å². The topological polar surface area (TPSA) is 0 Å². The molecule has 0 saturated heterocycles. The molecule has 0 aromatic heterocycles. The average Bonchev–Trinajstić information content (AvgIpc) is 2.17. The first kappa shape index (κ1) is 13.0. The maximum atomic E-state index is 3.86. The first-order valence-electron chi connectivity index (χ1n) is 6.14. The largest absolute Gasteiger partial charge is 0.0651 e. The van der Waals surface area contributed by atoms with Crippen molar-refractivity contribution in [2.45, 2.75) is 71.6 Å². The van der Waals surface area contributed by atoms with E-state index in [1.165, 1.54) is 51.4 Å². The van der Waals surface area contributed by atoms with E-state index in [4.69, 9.17) is 0 Å². The summed E-state index contributed by atoms with van der Waals surface area (Å²) in [5.74, 6) is 0.993. The Morgan fingerprint density at radius 2 is 1.38 bits per heavy atom. The Bertz CT molecular complexity index is 82.0. The van der Waals surface area contributed by atoms with Gasteiger partial charge in [-0.3, -0.25) is 0 Å². The average molecular weight is 183 g/mol. The molecule has 0 spiro atoms. The lowest BCUT2D eigenvalue weighted by molar-refractivity contribution is 0.427. The lowest BCUT2D eigenvalue weighted by Crippen LogP contribution is -1.96. The molecule has 0 aliphatic heterocycles. The van der Waals surface area contributed by atoms with E-state index < -0.39 is 0 Å². The highest BCUT2D eigenvalue weighted by atomic mass is 14.1. The Labute approximate surface area is 85.1 Å². The van der Waals surface area contributed by atoms with E-state index in [-0.39, 0.29) is 0 Å². The Kier molecular flexibility index (Phi) is 10.1. The van der Waals surface area contributed by atoms with Crippen LogP contribution in [0.15, 0.2) is 0 Å². The van der Waals surface area contributed by atoms with Gasteiger partial charge in [0.25, 0.3) is 0 Å². The number of unbranched alkanes of at least 4 members (excludes halogenated alkanes) is 5. The Hall–Kier alpha value is 0. The van der Waals surface area contributed by atoms with Gasteiger partial charge in [0, 0.05) is 0 Å². The van der Waals surface area contributed by atoms with Gasteiger partial charge in [-0.15, -0.1) is 0 Å². The molecule has 0 heteroatoms. The Morgan fingerprint density at radius 3 is 1.92 bits per heavy atom. The molecule has 13 heavy (non-hydrogen) atoms. The molecule has 0 N–H and O–H groups in total. The minimum absolute atomic E-state index is 0.993. The standard InChI is InChI=1S/C13H27/c1-4-7-8-9-10-11-12-13(5-2)6-3/h13H,1,4-12H2,2-3H3. The third-order valence-corrected chi connectivity index (χ3v) is 3.02. The molecule has 0 saturated carbocycles. The second-order valence-electron chi connectivity index (χ2n) is 4.09. The third kappa shape index (κ3) is 8.33. The van der Waals surface area contributed by atoms with Crippen LogP contribution < -0.4 is 0 Å². The highest BCUT2D eigenvalue weighted by Crippen LogP contribution is 2.17. The zero-order valence-corrected chi connectivity index (χ0v) is 9.65. The van der Waals surface area contributed by atoms with Crippen LogP contribution >= 0.6 is 0 Å². The zero-order chi connectivity index (χ0) is 9.94. The predicted molar refractivity (Wildman–Crippen MR) is 61.7 cm³/mol. The molecule has 0 aromatic rings. The number of hydrogen-bond donors (Lipinski definition) is 0. The van der Waals surface area contributed by atoms with Gasteiger partial charge in [-0.2, -0.15) is 0 Å². The summed E-state index contributed by atoms with van der Waals surface area (Å²) < 4.78 is 0. The monoisotopic (exact) mass is 183 g/mol. The molecule has 0 atom stereocenters. The van der Waals surface area contributed by atoms with E-state index in [0.717, 1.165) is 12.3 Å². The molecular weight excluding hydrogens is 156 g/mol. The van der Waals surface area contributed by atoms with Crippen LogP contribution in [0, 0.1) is 12.8 Å². The maximum Gasteiger partial charge on any atom is -0.0420 e. The summed E-state index contributed by atoms with van der Waals surface area (Å²) in [6.45, 7) is 8.49. The van der Waals surface area contributed by atoms with Crippen LogP contribution in [-0.4, -0.2) is 0 Å². The molecule has 79 valence electrons. The van der Waals surface area contributed by atoms with Crippen molar-refractivity contribution in [3.63, 3.8) is 0 Å². The number of hydrogen-bond acceptors (Lipinski definition) is 0. The molecular formula is C13H27. The second kappa shape index (κ2) is 10.1. The highest BCUT2D eigenvalue weighted by Gasteiger charge is 2.01. The van der Waals surface area contributed by atoms with Gasteiger partial charge in [0.2, 0.25) is 0 Å². The van der Waals surface area contributed by atoms with Gasteiger partial charge in [-0.25, -0.2) is 0 Å². The van der Waals surface area contributed by atoms with Crippen molar-refractivity contribution in [2.75, 3.05) is 0 Å². The summed E-state index contributed by atoms with van der Waals surface area (Å²) >= 11 is 0. The molecule has 0 heterocycles. The summed E-state index contributed by atoms with van der Waals surface area (Å²) in [7, 11) is 0. The number of rotatable bonds is 9. The van der Waals surface area contributed by atoms with Crippen LogP contribution in [0.25, 0.3) is 0 Å². The van der Waals surface area contributed by atoms with Crippen molar-refractivity contribution in [3.05, 3.63) is 6.92 Å². The van der Waals surface area contributed by atoms with E-state index in [1.807, 2.05) is 0 Å². The molecule has 0 nitrogen and oxygen atoms in total. The Morgan fingerprint density at radius 1 is 0.846 bits per heavy atom. The highest BCUT2D eigenvalue weighted by molar-refractivity contribution is 4.55. The third-order valence-electron chi connectivity index (χ3n) is 3.02.